The van der Waals surface area contributed by atoms with Gasteiger partial charge >= 0.3 is 0 Å². The fourth-order valence-corrected chi connectivity index (χ4v) is 4.14. The molecule has 1 atom stereocenters. The van der Waals surface area contributed by atoms with E-state index >= 15 is 0 Å². The van der Waals surface area contributed by atoms with E-state index in [4.69, 9.17) is 4.74 Å². The summed E-state index contributed by atoms with van der Waals surface area (Å²) in [6.07, 6.45) is 0. The number of thiazole rings is 1. The lowest BCUT2D eigenvalue weighted by Gasteiger charge is -2.20. The highest BCUT2D eigenvalue weighted by atomic mass is 32.1. The number of nitrogens with one attached hydrogen (secondary N) is 1. The number of methoxy groups -OCH3 is 1. The van der Waals surface area contributed by atoms with E-state index < -0.39 is 0 Å². The van der Waals surface area contributed by atoms with Gasteiger partial charge in [-0.05, 0) is 35.6 Å². The van der Waals surface area contributed by atoms with Crippen molar-refractivity contribution in [3.8, 4) is 5.75 Å². The van der Waals surface area contributed by atoms with Crippen LogP contribution in [0.4, 0.5) is 5.13 Å². The van der Waals surface area contributed by atoms with Gasteiger partial charge in [-0.2, -0.15) is 0 Å². The van der Waals surface area contributed by atoms with Gasteiger partial charge in [-0.3, -0.25) is 0 Å². The predicted octanol–water partition coefficient (Wildman–Crippen LogP) is 5.18. The molecule has 3 nitrogen and oxygen atoms in total. The average molecular weight is 318 g/mol. The monoisotopic (exact) mass is 318 g/mol. The fourth-order valence-electron chi connectivity index (χ4n) is 2.26. The molecule has 0 saturated heterocycles. The molecular weight excluding hydrogens is 300 g/mol. The first-order valence-electron chi connectivity index (χ1n) is 6.92. The van der Waals surface area contributed by atoms with Crippen molar-refractivity contribution in [3.05, 3.63) is 40.6 Å². The molecule has 0 amide bonds. The van der Waals surface area contributed by atoms with Crippen LogP contribution in [0.15, 0.2) is 35.7 Å². The van der Waals surface area contributed by atoms with Crippen LogP contribution in [-0.2, 0) is 0 Å². The van der Waals surface area contributed by atoms with Crippen LogP contribution in [0.2, 0.25) is 0 Å². The van der Waals surface area contributed by atoms with Gasteiger partial charge in [0.05, 0.1) is 23.4 Å². The lowest BCUT2D eigenvalue weighted by Crippen LogP contribution is -2.15. The molecule has 110 valence electrons. The van der Waals surface area contributed by atoms with Gasteiger partial charge in [0.2, 0.25) is 0 Å². The van der Waals surface area contributed by atoms with Gasteiger partial charge in [0.15, 0.2) is 5.13 Å². The van der Waals surface area contributed by atoms with Crippen LogP contribution in [0.5, 0.6) is 5.75 Å². The zero-order valence-corrected chi connectivity index (χ0v) is 13.9. The van der Waals surface area contributed by atoms with Crippen LogP contribution >= 0.6 is 22.7 Å². The van der Waals surface area contributed by atoms with Crippen molar-refractivity contribution in [2.45, 2.75) is 19.9 Å². The van der Waals surface area contributed by atoms with E-state index in [1.54, 1.807) is 29.8 Å². The minimum Gasteiger partial charge on any atom is -0.497 e. The van der Waals surface area contributed by atoms with E-state index in [1.807, 2.05) is 18.2 Å². The van der Waals surface area contributed by atoms with Crippen LogP contribution in [0.3, 0.4) is 0 Å². The minimum absolute atomic E-state index is 0.299. The summed E-state index contributed by atoms with van der Waals surface area (Å²) in [5.74, 6) is 1.38. The summed E-state index contributed by atoms with van der Waals surface area (Å²) < 4.78 is 6.41. The van der Waals surface area contributed by atoms with Gasteiger partial charge < -0.3 is 10.1 Å². The van der Waals surface area contributed by atoms with Gasteiger partial charge in [0.25, 0.3) is 0 Å². The first-order chi connectivity index (χ1) is 10.2. The Labute approximate surface area is 132 Å². The van der Waals surface area contributed by atoms with Crippen LogP contribution in [-0.4, -0.2) is 12.1 Å². The fraction of sp³-hybridized carbons (Fsp3) is 0.312. The maximum atomic E-state index is 5.27. The van der Waals surface area contributed by atoms with Gasteiger partial charge in [0.1, 0.15) is 5.75 Å². The van der Waals surface area contributed by atoms with E-state index in [-0.39, 0.29) is 0 Å². The Balaban J connectivity index is 1.89. The zero-order valence-electron chi connectivity index (χ0n) is 12.3. The highest BCUT2D eigenvalue weighted by Crippen LogP contribution is 2.34. The summed E-state index contributed by atoms with van der Waals surface area (Å²) >= 11 is 3.46. The number of aromatic nitrogens is 1. The summed E-state index contributed by atoms with van der Waals surface area (Å²) in [4.78, 5) is 6.03. The number of fused-ring (bicyclic) bond motifs is 1. The third-order valence-corrected chi connectivity index (χ3v) is 5.30. The number of thiophene rings is 1. The van der Waals surface area contributed by atoms with Gasteiger partial charge in [-0.15, -0.1) is 11.3 Å². The zero-order chi connectivity index (χ0) is 14.8. The normalized spacial score (nSPS) is 12.8. The van der Waals surface area contributed by atoms with E-state index in [1.165, 1.54) is 4.88 Å². The van der Waals surface area contributed by atoms with E-state index in [0.29, 0.717) is 12.0 Å². The molecule has 2 heterocycles. The summed E-state index contributed by atoms with van der Waals surface area (Å²) in [5, 5.41) is 6.67. The Morgan fingerprint density at radius 2 is 2.10 bits per heavy atom. The van der Waals surface area contributed by atoms with Crippen molar-refractivity contribution in [1.29, 1.82) is 0 Å². The first-order valence-corrected chi connectivity index (χ1v) is 8.61. The van der Waals surface area contributed by atoms with Gasteiger partial charge in [0, 0.05) is 4.88 Å². The lowest BCUT2D eigenvalue weighted by molar-refractivity contribution is 0.415. The number of hydrogen-bond donors (Lipinski definition) is 1. The maximum absolute atomic E-state index is 5.27. The van der Waals surface area contributed by atoms with Crippen LogP contribution in [0.1, 0.15) is 24.8 Å². The molecule has 0 radical (unpaired) electrons. The molecule has 2 aromatic heterocycles. The van der Waals surface area contributed by atoms with Crippen molar-refractivity contribution >= 4 is 38.0 Å². The molecule has 0 fully saturated rings. The third-order valence-electron chi connectivity index (χ3n) is 3.39. The minimum atomic E-state index is 0.299. The second-order valence-electron chi connectivity index (χ2n) is 5.23. The number of anilines is 1. The Hall–Kier alpha value is -1.59. The second kappa shape index (κ2) is 6.03. The molecule has 0 spiro atoms. The summed E-state index contributed by atoms with van der Waals surface area (Å²) in [5.41, 5.74) is 1.01. The number of rotatable bonds is 5. The lowest BCUT2D eigenvalue weighted by atomic mass is 10.0. The predicted molar refractivity (Wildman–Crippen MR) is 91.7 cm³/mol. The molecule has 0 saturated carbocycles. The second-order valence-corrected chi connectivity index (χ2v) is 7.24. The van der Waals surface area contributed by atoms with Crippen LogP contribution in [0, 0.1) is 5.92 Å². The summed E-state index contributed by atoms with van der Waals surface area (Å²) in [6.45, 7) is 4.46. The molecule has 21 heavy (non-hydrogen) atoms. The highest BCUT2D eigenvalue weighted by molar-refractivity contribution is 7.22. The molecule has 1 unspecified atom stereocenters. The number of benzene rings is 1. The molecule has 3 rings (SSSR count). The molecule has 1 N–H and O–H groups in total. The number of nitrogens with zero attached hydrogens (tertiary/aromatic N) is 1. The molecule has 1 aromatic carbocycles. The molecule has 0 aliphatic carbocycles. The van der Waals surface area contributed by atoms with E-state index in [9.17, 15) is 0 Å². The topological polar surface area (TPSA) is 34.1 Å². The molecule has 3 aromatic rings. The van der Waals surface area contributed by atoms with Gasteiger partial charge in [-0.1, -0.05) is 31.3 Å². The smallest absolute Gasteiger partial charge is 0.184 e. The van der Waals surface area contributed by atoms with Gasteiger partial charge in [-0.25, -0.2) is 4.98 Å². The van der Waals surface area contributed by atoms with Crippen molar-refractivity contribution < 1.29 is 4.74 Å². The molecular formula is C16H18N2OS2. The Kier molecular flexibility index (Phi) is 4.12. The number of hydrogen-bond acceptors (Lipinski definition) is 5. The van der Waals surface area contributed by atoms with Crippen molar-refractivity contribution in [1.82, 2.24) is 4.98 Å². The molecule has 0 aliphatic rings. The standard InChI is InChI=1S/C16H18N2OS2/c1-10(2)15(13-5-4-8-20-13)18-16-17-12-7-6-11(19-3)9-14(12)21-16/h4-10,15H,1-3H3,(H,17,18). The van der Waals surface area contributed by atoms with Crippen LogP contribution < -0.4 is 10.1 Å². The third kappa shape index (κ3) is 3.04. The summed E-state index contributed by atoms with van der Waals surface area (Å²) in [7, 11) is 1.69. The average Bonchev–Trinajstić information content (AvgIpc) is 3.12. The molecule has 0 aliphatic heterocycles. The van der Waals surface area contributed by atoms with Crippen LogP contribution in [0.25, 0.3) is 10.2 Å². The largest absolute Gasteiger partial charge is 0.497 e. The Bertz CT molecular complexity index is 719. The first kappa shape index (κ1) is 14.4. The Morgan fingerprint density at radius 1 is 1.24 bits per heavy atom. The number of ether oxygens (including phenoxy) is 1. The van der Waals surface area contributed by atoms with Crippen molar-refractivity contribution in [2.75, 3.05) is 12.4 Å². The van der Waals surface area contributed by atoms with Crippen molar-refractivity contribution in [3.63, 3.8) is 0 Å². The van der Waals surface area contributed by atoms with Crippen molar-refractivity contribution in [2.24, 2.45) is 5.92 Å². The molecule has 5 heteroatoms. The summed E-state index contributed by atoms with van der Waals surface area (Å²) in [6, 6.07) is 10.6. The maximum Gasteiger partial charge on any atom is 0.184 e. The quantitative estimate of drug-likeness (QED) is 0.704. The SMILES string of the molecule is COc1ccc2nc(NC(c3cccs3)C(C)C)sc2c1. The van der Waals surface area contributed by atoms with E-state index in [0.717, 1.165) is 21.1 Å². The van der Waals surface area contributed by atoms with E-state index in [2.05, 4.69) is 41.7 Å². The Morgan fingerprint density at radius 3 is 2.76 bits per heavy atom. The molecule has 0 bridgehead atoms. The highest BCUT2D eigenvalue weighted by Gasteiger charge is 2.18.